The van der Waals surface area contributed by atoms with Crippen molar-refractivity contribution in [1.29, 1.82) is 0 Å². The molecule has 6 atom stereocenters. The average molecular weight is 548 g/mol. The van der Waals surface area contributed by atoms with Crippen LogP contribution in [0.3, 0.4) is 0 Å². The minimum atomic E-state index is -1.15. The van der Waals surface area contributed by atoms with E-state index in [1.165, 1.54) is 4.90 Å². The fraction of sp³-hybridized carbons (Fsp3) is 0.759. The van der Waals surface area contributed by atoms with E-state index in [4.69, 9.17) is 14.2 Å². The van der Waals surface area contributed by atoms with Crippen LogP contribution in [0, 0.1) is 17.8 Å². The lowest BCUT2D eigenvalue weighted by Crippen LogP contribution is -2.57. The Morgan fingerprint density at radius 1 is 1.21 bits per heavy atom. The lowest BCUT2D eigenvalue weighted by Gasteiger charge is -2.38. The SMILES string of the molecule is C=CCCCCOC(=O)[C@@H]1[C@H]2C(=O)N(CCO)C(C(=O)N(CC=C)CCN3CCOCC3)C23CC(C)[C@@]1(C)O3. The molecule has 0 aromatic heterocycles. The van der Waals surface area contributed by atoms with Crippen LogP contribution in [0.5, 0.6) is 0 Å². The second-order valence-electron chi connectivity index (χ2n) is 11.4. The van der Waals surface area contributed by atoms with Gasteiger partial charge in [-0.1, -0.05) is 19.1 Å². The maximum absolute atomic E-state index is 14.3. The summed E-state index contributed by atoms with van der Waals surface area (Å²) in [7, 11) is 0. The topological polar surface area (TPSA) is 109 Å². The summed E-state index contributed by atoms with van der Waals surface area (Å²) in [5.41, 5.74) is -2.07. The van der Waals surface area contributed by atoms with Crippen LogP contribution in [0.1, 0.15) is 39.5 Å². The van der Waals surface area contributed by atoms with Gasteiger partial charge in [0.2, 0.25) is 11.8 Å². The van der Waals surface area contributed by atoms with Gasteiger partial charge in [-0.3, -0.25) is 19.3 Å². The zero-order valence-electron chi connectivity index (χ0n) is 23.5. The van der Waals surface area contributed by atoms with Crippen molar-refractivity contribution in [2.45, 2.75) is 56.8 Å². The molecule has 10 nitrogen and oxygen atoms in total. The lowest BCUT2D eigenvalue weighted by atomic mass is 9.62. The Bertz CT molecular complexity index is 938. The Labute approximate surface area is 231 Å². The maximum atomic E-state index is 14.3. The summed E-state index contributed by atoms with van der Waals surface area (Å²) in [4.78, 5) is 47.1. The first-order valence-electron chi connectivity index (χ1n) is 14.3. The lowest BCUT2D eigenvalue weighted by molar-refractivity contribution is -0.162. The highest BCUT2D eigenvalue weighted by atomic mass is 16.6. The monoisotopic (exact) mass is 547 g/mol. The first kappa shape index (κ1) is 29.7. The summed E-state index contributed by atoms with van der Waals surface area (Å²) in [5, 5.41) is 9.86. The van der Waals surface area contributed by atoms with Gasteiger partial charge in [-0.05, 0) is 38.5 Å². The highest BCUT2D eigenvalue weighted by Gasteiger charge is 2.80. The Balaban J connectivity index is 1.60. The minimum Gasteiger partial charge on any atom is -0.465 e. The molecule has 3 unspecified atom stereocenters. The third-order valence-electron chi connectivity index (χ3n) is 9.14. The zero-order valence-corrected chi connectivity index (χ0v) is 23.5. The van der Waals surface area contributed by atoms with Gasteiger partial charge in [-0.25, -0.2) is 0 Å². The van der Waals surface area contributed by atoms with E-state index < -0.39 is 35.0 Å². The molecule has 0 aromatic rings. The van der Waals surface area contributed by atoms with Crippen LogP contribution in [0.15, 0.2) is 25.3 Å². The summed E-state index contributed by atoms with van der Waals surface area (Å²) in [6.07, 6.45) is 6.41. The molecular weight excluding hydrogens is 502 g/mol. The maximum Gasteiger partial charge on any atom is 0.312 e. The van der Waals surface area contributed by atoms with Crippen molar-refractivity contribution in [3.05, 3.63) is 25.3 Å². The number of carbonyl (C=O) groups is 3. The molecule has 2 bridgehead atoms. The van der Waals surface area contributed by atoms with Crippen molar-refractivity contribution in [1.82, 2.24) is 14.7 Å². The molecule has 4 heterocycles. The number of aliphatic hydroxyl groups is 1. The van der Waals surface area contributed by atoms with Crippen LogP contribution >= 0.6 is 0 Å². The smallest absolute Gasteiger partial charge is 0.312 e. The van der Waals surface area contributed by atoms with E-state index in [1.54, 1.807) is 11.0 Å². The van der Waals surface area contributed by atoms with Crippen molar-refractivity contribution in [2.24, 2.45) is 17.8 Å². The third-order valence-corrected chi connectivity index (χ3v) is 9.14. The van der Waals surface area contributed by atoms with Gasteiger partial charge in [-0.2, -0.15) is 0 Å². The Morgan fingerprint density at radius 3 is 2.62 bits per heavy atom. The largest absolute Gasteiger partial charge is 0.465 e. The Morgan fingerprint density at radius 2 is 1.95 bits per heavy atom. The van der Waals surface area contributed by atoms with E-state index in [0.717, 1.165) is 25.9 Å². The number of β-amino-alcohol motifs (C(OH)–C–C–N with tert-alkyl or cyclic N) is 1. The molecule has 0 radical (unpaired) electrons. The van der Waals surface area contributed by atoms with Gasteiger partial charge in [0.15, 0.2) is 0 Å². The number of allylic oxidation sites excluding steroid dienone is 1. The summed E-state index contributed by atoms with van der Waals surface area (Å²) in [5.74, 6) is -2.71. The molecule has 4 aliphatic rings. The van der Waals surface area contributed by atoms with Crippen LogP contribution in [0.2, 0.25) is 0 Å². The van der Waals surface area contributed by atoms with Gasteiger partial charge in [0.05, 0.1) is 37.9 Å². The minimum absolute atomic E-state index is 0.00331. The molecule has 2 amide bonds. The van der Waals surface area contributed by atoms with Gasteiger partial charge in [0, 0.05) is 39.3 Å². The van der Waals surface area contributed by atoms with Crippen LogP contribution in [0.25, 0.3) is 0 Å². The van der Waals surface area contributed by atoms with E-state index in [0.29, 0.717) is 45.7 Å². The number of amides is 2. The van der Waals surface area contributed by atoms with Crippen molar-refractivity contribution in [3.63, 3.8) is 0 Å². The molecule has 4 aliphatic heterocycles. The molecule has 10 heteroatoms. The van der Waals surface area contributed by atoms with Crippen molar-refractivity contribution >= 4 is 17.8 Å². The predicted molar refractivity (Wildman–Crippen MR) is 145 cm³/mol. The van der Waals surface area contributed by atoms with Gasteiger partial charge in [0.25, 0.3) is 0 Å². The number of fused-ring (bicyclic) bond motifs is 1. The van der Waals surface area contributed by atoms with E-state index in [2.05, 4.69) is 18.1 Å². The molecule has 4 fully saturated rings. The van der Waals surface area contributed by atoms with Gasteiger partial charge in [0.1, 0.15) is 17.6 Å². The number of unbranched alkanes of at least 4 members (excludes halogenated alkanes) is 2. The van der Waals surface area contributed by atoms with E-state index in [1.807, 2.05) is 19.9 Å². The summed E-state index contributed by atoms with van der Waals surface area (Å²) >= 11 is 0. The van der Waals surface area contributed by atoms with Gasteiger partial charge in [-0.15, -0.1) is 13.2 Å². The molecule has 0 aromatic carbocycles. The first-order chi connectivity index (χ1) is 18.7. The van der Waals surface area contributed by atoms with Crippen molar-refractivity contribution in [3.8, 4) is 0 Å². The fourth-order valence-corrected chi connectivity index (χ4v) is 7.09. The quantitative estimate of drug-likeness (QED) is 0.197. The second-order valence-corrected chi connectivity index (χ2v) is 11.4. The van der Waals surface area contributed by atoms with Gasteiger partial charge < -0.3 is 29.1 Å². The summed E-state index contributed by atoms with van der Waals surface area (Å²) in [6.45, 7) is 15.8. The molecule has 39 heavy (non-hydrogen) atoms. The number of aliphatic hydroxyl groups excluding tert-OH is 1. The Hall–Kier alpha value is -2.27. The van der Waals surface area contributed by atoms with E-state index >= 15 is 0 Å². The highest BCUT2D eigenvalue weighted by Crippen LogP contribution is 2.65. The fourth-order valence-electron chi connectivity index (χ4n) is 7.09. The van der Waals surface area contributed by atoms with Gasteiger partial charge >= 0.3 is 5.97 Å². The first-order valence-corrected chi connectivity index (χ1v) is 14.3. The summed E-state index contributed by atoms with van der Waals surface area (Å²) in [6, 6.07) is -0.929. The van der Waals surface area contributed by atoms with Crippen LogP contribution in [-0.2, 0) is 28.6 Å². The standard InChI is InChI=1S/C29H45N3O7/c1-5-7-8-9-17-38-27(36)23-22-25(34)32(13-16-33)24(29(22)20-21(3)28(23,4)39-29)26(35)31(10-6-2)12-11-30-14-18-37-19-15-30/h5-6,21-24,33H,1-2,7-20H2,3-4H3/t21?,22-,23-,24?,28+,29?/m0/s1. The van der Waals surface area contributed by atoms with Crippen LogP contribution < -0.4 is 0 Å². The molecule has 4 rings (SSSR count). The highest BCUT2D eigenvalue weighted by molar-refractivity contribution is 5.98. The number of ether oxygens (including phenoxy) is 3. The molecule has 1 spiro atoms. The third kappa shape index (κ3) is 5.40. The average Bonchev–Trinajstić information content (AvgIpc) is 3.43. The number of morpholine rings is 1. The Kier molecular flexibility index (Phi) is 9.52. The van der Waals surface area contributed by atoms with Crippen molar-refractivity contribution in [2.75, 3.05) is 65.7 Å². The number of nitrogens with zero attached hydrogens (tertiary/aromatic N) is 3. The molecular formula is C29H45N3O7. The molecule has 4 saturated heterocycles. The van der Waals surface area contributed by atoms with E-state index in [9.17, 15) is 19.5 Å². The van der Waals surface area contributed by atoms with E-state index in [-0.39, 0.29) is 37.5 Å². The normalized spacial score (nSPS) is 33.7. The molecule has 1 N–H and O–H groups in total. The number of esters is 1. The predicted octanol–water partition coefficient (Wildman–Crippen LogP) is 1.24. The molecule has 218 valence electrons. The number of likely N-dealkylation sites (tertiary alicyclic amines) is 1. The zero-order chi connectivity index (χ0) is 28.2. The molecule has 0 saturated carbocycles. The van der Waals surface area contributed by atoms with Crippen LogP contribution in [-0.4, -0.2) is 121 Å². The number of hydrogen-bond acceptors (Lipinski definition) is 8. The second kappa shape index (κ2) is 12.5. The molecule has 0 aliphatic carbocycles. The number of carbonyl (C=O) groups excluding carboxylic acids is 3. The number of rotatable bonds is 14. The van der Waals surface area contributed by atoms with Crippen molar-refractivity contribution < 1.29 is 33.7 Å². The van der Waals surface area contributed by atoms with Crippen LogP contribution in [0.4, 0.5) is 0 Å². The number of hydrogen-bond donors (Lipinski definition) is 1. The summed E-state index contributed by atoms with van der Waals surface area (Å²) < 4.78 is 17.8.